The summed E-state index contributed by atoms with van der Waals surface area (Å²) in [5.74, 6) is 1.58. The monoisotopic (exact) mass is 391 g/mol. The van der Waals surface area contributed by atoms with Crippen molar-refractivity contribution in [1.29, 1.82) is 0 Å². The predicted octanol–water partition coefficient (Wildman–Crippen LogP) is 4.35. The van der Waals surface area contributed by atoms with Crippen molar-refractivity contribution in [3.8, 4) is 11.5 Å². The van der Waals surface area contributed by atoms with Crippen LogP contribution in [0.25, 0.3) is 0 Å². The molecule has 5 heteroatoms. The van der Waals surface area contributed by atoms with Gasteiger partial charge in [0.05, 0.1) is 13.2 Å². The number of ether oxygens (including phenoxy) is 2. The van der Waals surface area contributed by atoms with E-state index >= 15 is 0 Å². The molecule has 2 aromatic rings. The minimum absolute atomic E-state index is 0.0129. The third-order valence-corrected chi connectivity index (χ3v) is 4.17. The summed E-state index contributed by atoms with van der Waals surface area (Å²) < 4.78 is 11.7. The third kappa shape index (κ3) is 5.27. The summed E-state index contributed by atoms with van der Waals surface area (Å²) in [7, 11) is 1.64. The number of benzene rings is 2. The number of halogens is 1. The molecule has 0 fully saturated rings. The summed E-state index contributed by atoms with van der Waals surface area (Å²) in [5.41, 5.74) is 1.04. The second kappa shape index (κ2) is 8.73. The summed E-state index contributed by atoms with van der Waals surface area (Å²) in [5, 5.41) is 3.04. The van der Waals surface area contributed by atoms with E-state index in [1.165, 1.54) is 0 Å². The van der Waals surface area contributed by atoms with Gasteiger partial charge in [0.2, 0.25) is 0 Å². The van der Waals surface area contributed by atoms with Crippen LogP contribution in [0.2, 0.25) is 0 Å². The zero-order chi connectivity index (χ0) is 17.5. The van der Waals surface area contributed by atoms with E-state index in [4.69, 9.17) is 9.47 Å². The molecule has 4 nitrogen and oxygen atoms in total. The van der Waals surface area contributed by atoms with Gasteiger partial charge in [-0.2, -0.15) is 0 Å². The average molecular weight is 392 g/mol. The number of hydrogen-bond donors (Lipinski definition) is 1. The summed E-state index contributed by atoms with van der Waals surface area (Å²) in [6.07, 6.45) is 0. The molecule has 0 aliphatic rings. The van der Waals surface area contributed by atoms with E-state index in [2.05, 4.69) is 35.1 Å². The maximum atomic E-state index is 12.2. The molecule has 0 bridgehead atoms. The molecule has 24 heavy (non-hydrogen) atoms. The normalized spacial score (nSPS) is 11.9. The predicted molar refractivity (Wildman–Crippen MR) is 98.4 cm³/mol. The molecular weight excluding hydrogens is 370 g/mol. The number of carbonyl (C=O) groups excluding carboxylic acids is 1. The first-order valence-corrected chi connectivity index (χ1v) is 8.60. The van der Waals surface area contributed by atoms with Crippen LogP contribution in [0.1, 0.15) is 25.5 Å². The minimum Gasteiger partial charge on any atom is -0.497 e. The summed E-state index contributed by atoms with van der Waals surface area (Å²) >= 11 is 3.37. The maximum absolute atomic E-state index is 12.2. The molecule has 0 saturated carbocycles. The Labute approximate surface area is 151 Å². The number of methoxy groups -OCH3 is 1. The highest BCUT2D eigenvalue weighted by molar-refractivity contribution is 9.10. The highest BCUT2D eigenvalue weighted by Gasteiger charge is 2.18. The van der Waals surface area contributed by atoms with Crippen LogP contribution in [0.4, 0.5) is 0 Å². The van der Waals surface area contributed by atoms with Crippen LogP contribution in [0, 0.1) is 5.92 Å². The van der Waals surface area contributed by atoms with Gasteiger partial charge in [0.1, 0.15) is 11.5 Å². The lowest BCUT2D eigenvalue weighted by Gasteiger charge is -2.23. The first-order chi connectivity index (χ1) is 11.5. The fourth-order valence-electron chi connectivity index (χ4n) is 2.34. The fourth-order valence-corrected chi connectivity index (χ4v) is 2.61. The van der Waals surface area contributed by atoms with E-state index in [1.807, 2.05) is 48.5 Å². The highest BCUT2D eigenvalue weighted by atomic mass is 79.9. The Hall–Kier alpha value is -2.01. The molecule has 128 valence electrons. The lowest BCUT2D eigenvalue weighted by Crippen LogP contribution is -2.35. The van der Waals surface area contributed by atoms with Crippen LogP contribution < -0.4 is 14.8 Å². The van der Waals surface area contributed by atoms with Gasteiger partial charge in [0, 0.05) is 4.47 Å². The molecule has 0 aliphatic heterocycles. The smallest absolute Gasteiger partial charge is 0.258 e. The van der Waals surface area contributed by atoms with Gasteiger partial charge in [-0.25, -0.2) is 0 Å². The van der Waals surface area contributed by atoms with Crippen LogP contribution in [0.15, 0.2) is 53.0 Å². The molecule has 0 unspecified atom stereocenters. The third-order valence-electron chi connectivity index (χ3n) is 3.64. The number of rotatable bonds is 7. The Morgan fingerprint density at radius 3 is 2.17 bits per heavy atom. The Kier molecular flexibility index (Phi) is 6.67. The Morgan fingerprint density at radius 2 is 1.62 bits per heavy atom. The molecular formula is C19H22BrNO3. The van der Waals surface area contributed by atoms with Crippen molar-refractivity contribution in [2.75, 3.05) is 13.7 Å². The molecule has 0 saturated heterocycles. The van der Waals surface area contributed by atoms with Gasteiger partial charge in [-0.3, -0.25) is 4.79 Å². The van der Waals surface area contributed by atoms with Crippen molar-refractivity contribution in [3.63, 3.8) is 0 Å². The van der Waals surface area contributed by atoms with E-state index in [-0.39, 0.29) is 24.5 Å². The number of hydrogen-bond acceptors (Lipinski definition) is 3. The van der Waals surface area contributed by atoms with Crippen molar-refractivity contribution < 1.29 is 14.3 Å². The number of nitrogens with one attached hydrogen (secondary N) is 1. The van der Waals surface area contributed by atoms with E-state index in [0.29, 0.717) is 5.75 Å². The summed E-state index contributed by atoms with van der Waals surface area (Å²) in [6, 6.07) is 15.1. The Bertz CT molecular complexity index is 653. The quantitative estimate of drug-likeness (QED) is 0.762. The molecule has 0 aliphatic carbocycles. The molecule has 0 radical (unpaired) electrons. The molecule has 0 spiro atoms. The molecule has 1 amide bonds. The second-order valence-corrected chi connectivity index (χ2v) is 6.72. The topological polar surface area (TPSA) is 47.6 Å². The van der Waals surface area contributed by atoms with Gasteiger partial charge in [-0.05, 0) is 47.9 Å². The van der Waals surface area contributed by atoms with Gasteiger partial charge >= 0.3 is 0 Å². The zero-order valence-corrected chi connectivity index (χ0v) is 15.7. The number of carbonyl (C=O) groups is 1. The standard InChI is InChI=1S/C19H22BrNO3/c1-13(2)19(14-4-8-16(23-3)9-5-14)21-18(22)12-24-17-10-6-15(20)7-11-17/h4-11,13,19H,12H2,1-3H3,(H,21,22)/t19-/m1/s1. The fraction of sp³-hybridized carbons (Fsp3) is 0.316. The van der Waals surface area contributed by atoms with Gasteiger partial charge in [-0.1, -0.05) is 41.9 Å². The van der Waals surface area contributed by atoms with Gasteiger partial charge in [-0.15, -0.1) is 0 Å². The highest BCUT2D eigenvalue weighted by Crippen LogP contribution is 2.24. The van der Waals surface area contributed by atoms with Gasteiger partial charge < -0.3 is 14.8 Å². The lowest BCUT2D eigenvalue weighted by atomic mass is 9.96. The number of amides is 1. The Morgan fingerprint density at radius 1 is 1.04 bits per heavy atom. The maximum Gasteiger partial charge on any atom is 0.258 e. The Balaban J connectivity index is 1.96. The van der Waals surface area contributed by atoms with E-state index in [1.54, 1.807) is 7.11 Å². The van der Waals surface area contributed by atoms with Crippen molar-refractivity contribution in [2.24, 2.45) is 5.92 Å². The van der Waals surface area contributed by atoms with Crippen LogP contribution in [-0.2, 0) is 4.79 Å². The molecule has 1 atom stereocenters. The molecule has 2 rings (SSSR count). The largest absolute Gasteiger partial charge is 0.497 e. The van der Waals surface area contributed by atoms with Crippen molar-refractivity contribution in [3.05, 3.63) is 58.6 Å². The molecule has 0 heterocycles. The summed E-state index contributed by atoms with van der Waals surface area (Å²) in [4.78, 5) is 12.2. The van der Waals surface area contributed by atoms with E-state index in [9.17, 15) is 4.79 Å². The lowest BCUT2D eigenvalue weighted by molar-refractivity contribution is -0.124. The van der Waals surface area contributed by atoms with Crippen molar-refractivity contribution in [2.45, 2.75) is 19.9 Å². The van der Waals surface area contributed by atoms with Crippen LogP contribution in [0.3, 0.4) is 0 Å². The first kappa shape index (κ1) is 18.3. The van der Waals surface area contributed by atoms with E-state index < -0.39 is 0 Å². The first-order valence-electron chi connectivity index (χ1n) is 7.81. The molecule has 2 aromatic carbocycles. The van der Waals surface area contributed by atoms with Crippen LogP contribution >= 0.6 is 15.9 Å². The van der Waals surface area contributed by atoms with Gasteiger partial charge in [0.25, 0.3) is 5.91 Å². The molecule has 1 N–H and O–H groups in total. The van der Waals surface area contributed by atoms with Gasteiger partial charge in [0.15, 0.2) is 6.61 Å². The summed E-state index contributed by atoms with van der Waals surface area (Å²) in [6.45, 7) is 4.14. The van der Waals surface area contributed by atoms with Crippen molar-refractivity contribution in [1.82, 2.24) is 5.32 Å². The average Bonchev–Trinajstić information content (AvgIpc) is 2.59. The van der Waals surface area contributed by atoms with Crippen molar-refractivity contribution >= 4 is 21.8 Å². The second-order valence-electron chi connectivity index (χ2n) is 5.80. The minimum atomic E-state index is -0.146. The molecule has 0 aromatic heterocycles. The zero-order valence-electron chi connectivity index (χ0n) is 14.1. The SMILES string of the molecule is COc1ccc([C@H](NC(=O)COc2ccc(Br)cc2)C(C)C)cc1. The van der Waals surface area contributed by atoms with E-state index in [0.717, 1.165) is 15.8 Å². The van der Waals surface area contributed by atoms with Crippen LogP contribution in [-0.4, -0.2) is 19.6 Å². The van der Waals surface area contributed by atoms with Crippen LogP contribution in [0.5, 0.6) is 11.5 Å².